The molecule has 0 aliphatic carbocycles. The van der Waals surface area contributed by atoms with Gasteiger partial charge in [-0.05, 0) is 43.0 Å². The molecule has 0 aromatic heterocycles. The fourth-order valence-corrected chi connectivity index (χ4v) is 3.09. The number of rotatable bonds is 7. The van der Waals surface area contributed by atoms with Crippen LogP contribution in [0.1, 0.15) is 26.2 Å². The Morgan fingerprint density at radius 2 is 1.84 bits per heavy atom. The number of halogens is 2. The molecule has 1 fully saturated rings. The molecule has 25 heavy (non-hydrogen) atoms. The van der Waals surface area contributed by atoms with E-state index in [1.54, 1.807) is 0 Å². The minimum absolute atomic E-state index is 0. The SMILES string of the molecule is CCCC(CCO)CN=C(N)N1CCN(c2ccc(F)cc2)CC1.I. The van der Waals surface area contributed by atoms with Crippen molar-refractivity contribution in [1.29, 1.82) is 0 Å². The Balaban J connectivity index is 0.00000312. The Morgan fingerprint density at radius 1 is 1.20 bits per heavy atom. The van der Waals surface area contributed by atoms with Gasteiger partial charge in [0.15, 0.2) is 5.96 Å². The summed E-state index contributed by atoms with van der Waals surface area (Å²) in [5, 5.41) is 9.11. The topological polar surface area (TPSA) is 65.1 Å². The third-order valence-corrected chi connectivity index (χ3v) is 4.54. The zero-order valence-corrected chi connectivity index (χ0v) is 17.2. The van der Waals surface area contributed by atoms with E-state index in [2.05, 4.69) is 21.7 Å². The summed E-state index contributed by atoms with van der Waals surface area (Å²) in [4.78, 5) is 8.87. The Bertz CT molecular complexity index is 512. The first kappa shape index (κ1) is 22.0. The molecule has 1 aromatic carbocycles. The van der Waals surface area contributed by atoms with Crippen molar-refractivity contribution in [2.45, 2.75) is 26.2 Å². The van der Waals surface area contributed by atoms with Crippen LogP contribution in [0.25, 0.3) is 0 Å². The summed E-state index contributed by atoms with van der Waals surface area (Å²) in [5.41, 5.74) is 7.18. The van der Waals surface area contributed by atoms with Crippen LogP contribution >= 0.6 is 24.0 Å². The number of hydrogen-bond acceptors (Lipinski definition) is 3. The van der Waals surface area contributed by atoms with E-state index in [9.17, 15) is 4.39 Å². The van der Waals surface area contributed by atoms with Gasteiger partial charge in [-0.15, -0.1) is 24.0 Å². The third-order valence-electron chi connectivity index (χ3n) is 4.54. The van der Waals surface area contributed by atoms with Crippen molar-refractivity contribution in [3.8, 4) is 0 Å². The van der Waals surface area contributed by atoms with Gasteiger partial charge in [0, 0.05) is 45.0 Å². The number of aliphatic hydroxyl groups excluding tert-OH is 1. The van der Waals surface area contributed by atoms with Crippen LogP contribution < -0.4 is 10.6 Å². The van der Waals surface area contributed by atoms with Gasteiger partial charge in [-0.3, -0.25) is 4.99 Å². The maximum atomic E-state index is 13.0. The molecule has 0 bridgehead atoms. The van der Waals surface area contributed by atoms with Gasteiger partial charge < -0.3 is 20.6 Å². The van der Waals surface area contributed by atoms with Crippen LogP contribution in [0.3, 0.4) is 0 Å². The zero-order chi connectivity index (χ0) is 17.4. The van der Waals surface area contributed by atoms with E-state index in [1.807, 2.05) is 12.1 Å². The second kappa shape index (κ2) is 11.5. The first-order valence-corrected chi connectivity index (χ1v) is 8.80. The summed E-state index contributed by atoms with van der Waals surface area (Å²) in [6, 6.07) is 6.61. The average Bonchev–Trinajstić information content (AvgIpc) is 2.60. The number of benzene rings is 1. The van der Waals surface area contributed by atoms with E-state index in [1.165, 1.54) is 12.1 Å². The van der Waals surface area contributed by atoms with Crippen molar-refractivity contribution < 1.29 is 9.50 Å². The quantitative estimate of drug-likeness (QED) is 0.370. The highest BCUT2D eigenvalue weighted by Gasteiger charge is 2.19. The van der Waals surface area contributed by atoms with E-state index in [0.717, 1.165) is 51.1 Å². The largest absolute Gasteiger partial charge is 0.396 e. The van der Waals surface area contributed by atoms with Crippen molar-refractivity contribution in [2.75, 3.05) is 44.2 Å². The lowest BCUT2D eigenvalue weighted by molar-refractivity contribution is 0.253. The minimum atomic E-state index is -0.210. The number of aliphatic hydroxyl groups is 1. The van der Waals surface area contributed by atoms with E-state index < -0.39 is 0 Å². The van der Waals surface area contributed by atoms with Crippen molar-refractivity contribution in [3.63, 3.8) is 0 Å². The lowest BCUT2D eigenvalue weighted by atomic mass is 10.0. The minimum Gasteiger partial charge on any atom is -0.396 e. The number of piperazine rings is 1. The predicted octanol–water partition coefficient (Wildman–Crippen LogP) is 2.68. The van der Waals surface area contributed by atoms with Crippen molar-refractivity contribution in [1.82, 2.24) is 4.90 Å². The molecule has 1 aliphatic heterocycles. The summed E-state index contributed by atoms with van der Waals surface area (Å²) >= 11 is 0. The highest BCUT2D eigenvalue weighted by atomic mass is 127. The molecule has 0 spiro atoms. The molecule has 3 N–H and O–H groups in total. The van der Waals surface area contributed by atoms with Gasteiger partial charge in [-0.1, -0.05) is 13.3 Å². The van der Waals surface area contributed by atoms with Crippen molar-refractivity contribution in [2.24, 2.45) is 16.6 Å². The molecule has 5 nitrogen and oxygen atoms in total. The van der Waals surface area contributed by atoms with Crippen LogP contribution in [0.2, 0.25) is 0 Å². The van der Waals surface area contributed by atoms with E-state index in [4.69, 9.17) is 10.8 Å². The number of aliphatic imine (C=N–C) groups is 1. The molecule has 2 rings (SSSR count). The van der Waals surface area contributed by atoms with Crippen molar-refractivity contribution >= 4 is 35.6 Å². The second-order valence-electron chi connectivity index (χ2n) is 6.32. The molecule has 1 unspecified atom stereocenters. The summed E-state index contributed by atoms with van der Waals surface area (Å²) in [6.45, 7) is 6.34. The Kier molecular flexibility index (Phi) is 10.1. The summed E-state index contributed by atoms with van der Waals surface area (Å²) in [5.74, 6) is 0.783. The number of nitrogens with zero attached hydrogens (tertiary/aromatic N) is 3. The van der Waals surface area contributed by atoms with Gasteiger partial charge in [0.2, 0.25) is 0 Å². The number of nitrogens with two attached hydrogens (primary N) is 1. The number of hydrogen-bond donors (Lipinski definition) is 2. The fraction of sp³-hybridized carbons (Fsp3) is 0.611. The van der Waals surface area contributed by atoms with Gasteiger partial charge >= 0.3 is 0 Å². The van der Waals surface area contributed by atoms with Crippen LogP contribution in [-0.2, 0) is 0 Å². The Morgan fingerprint density at radius 3 is 2.40 bits per heavy atom. The lowest BCUT2D eigenvalue weighted by Gasteiger charge is -2.36. The predicted molar refractivity (Wildman–Crippen MR) is 112 cm³/mol. The molecule has 1 atom stereocenters. The summed E-state index contributed by atoms with van der Waals surface area (Å²) < 4.78 is 13.0. The monoisotopic (exact) mass is 464 g/mol. The maximum absolute atomic E-state index is 13.0. The highest BCUT2D eigenvalue weighted by Crippen LogP contribution is 2.17. The normalized spacial score (nSPS) is 16.5. The molecule has 142 valence electrons. The molecule has 0 amide bonds. The first-order chi connectivity index (χ1) is 11.6. The molecule has 1 saturated heterocycles. The standard InChI is InChI=1S/C18H29FN4O.HI/c1-2-3-15(8-13-24)14-21-18(20)23-11-9-22(10-12-23)17-6-4-16(19)5-7-17;/h4-7,15,24H,2-3,8-14H2,1H3,(H2,20,21);1H. The molecule has 1 aromatic rings. The van der Waals surface area contributed by atoms with E-state index >= 15 is 0 Å². The zero-order valence-electron chi connectivity index (χ0n) is 14.9. The van der Waals surface area contributed by atoms with Crippen LogP contribution in [-0.4, -0.2) is 55.3 Å². The second-order valence-corrected chi connectivity index (χ2v) is 6.32. The van der Waals surface area contributed by atoms with E-state index in [0.29, 0.717) is 18.4 Å². The van der Waals surface area contributed by atoms with Gasteiger partial charge in [-0.2, -0.15) is 0 Å². The smallest absolute Gasteiger partial charge is 0.191 e. The first-order valence-electron chi connectivity index (χ1n) is 8.80. The van der Waals surface area contributed by atoms with E-state index in [-0.39, 0.29) is 36.4 Å². The average molecular weight is 464 g/mol. The molecule has 0 radical (unpaired) electrons. The molecule has 1 heterocycles. The summed E-state index contributed by atoms with van der Waals surface area (Å²) in [7, 11) is 0. The van der Waals surface area contributed by atoms with Crippen LogP contribution in [0.5, 0.6) is 0 Å². The van der Waals surface area contributed by atoms with Gasteiger partial charge in [-0.25, -0.2) is 4.39 Å². The molecule has 7 heteroatoms. The highest BCUT2D eigenvalue weighted by molar-refractivity contribution is 14.0. The van der Waals surface area contributed by atoms with Crippen molar-refractivity contribution in [3.05, 3.63) is 30.1 Å². The molecular formula is C18H30FIN4O. The fourth-order valence-electron chi connectivity index (χ4n) is 3.09. The van der Waals surface area contributed by atoms with Crippen LogP contribution in [0.15, 0.2) is 29.3 Å². The Hall–Kier alpha value is -1.09. The third kappa shape index (κ3) is 6.97. The molecule has 0 saturated carbocycles. The number of guanidine groups is 1. The van der Waals surface area contributed by atoms with Gasteiger partial charge in [0.25, 0.3) is 0 Å². The Labute approximate surface area is 167 Å². The van der Waals surface area contributed by atoms with Gasteiger partial charge in [0.05, 0.1) is 0 Å². The lowest BCUT2D eigenvalue weighted by Crippen LogP contribution is -2.51. The molecule has 1 aliphatic rings. The van der Waals surface area contributed by atoms with Crippen LogP contribution in [0, 0.1) is 11.7 Å². The number of anilines is 1. The molecular weight excluding hydrogens is 434 g/mol. The summed E-state index contributed by atoms with van der Waals surface area (Å²) in [6.07, 6.45) is 2.94. The van der Waals surface area contributed by atoms with Gasteiger partial charge in [0.1, 0.15) is 5.82 Å². The van der Waals surface area contributed by atoms with Crippen LogP contribution in [0.4, 0.5) is 10.1 Å². The maximum Gasteiger partial charge on any atom is 0.191 e.